The van der Waals surface area contributed by atoms with Gasteiger partial charge in [-0.15, -0.1) is 0 Å². The summed E-state index contributed by atoms with van der Waals surface area (Å²) < 4.78 is 19.4. The topological polar surface area (TPSA) is 105 Å². The Bertz CT molecular complexity index is 1230. The van der Waals surface area contributed by atoms with Crippen molar-refractivity contribution in [1.29, 1.82) is 0 Å². The standard InChI is InChI=1S/C27H25FN2O5/c1-16(10-13-25(31)30-24-14-17(26(32)33)11-12-23(24)28)29-27(34)35-15-22-20-8-4-2-6-18(20)19-7-3-5-9-21(19)22/h2-9,11-12,14,16,22H,10,13,15H2,1H3,(H,29,34)(H,30,31)(H,32,33). The van der Waals surface area contributed by atoms with Crippen LogP contribution in [0.2, 0.25) is 0 Å². The zero-order chi connectivity index (χ0) is 24.9. The summed E-state index contributed by atoms with van der Waals surface area (Å²) in [7, 11) is 0. The van der Waals surface area contributed by atoms with Gasteiger partial charge < -0.3 is 20.5 Å². The number of aromatic carboxylic acids is 1. The number of hydrogen-bond donors (Lipinski definition) is 3. The van der Waals surface area contributed by atoms with Gasteiger partial charge in [0.25, 0.3) is 0 Å². The molecule has 0 saturated carbocycles. The third-order valence-corrected chi connectivity index (χ3v) is 6.00. The van der Waals surface area contributed by atoms with Gasteiger partial charge in [0.2, 0.25) is 5.91 Å². The average molecular weight is 477 g/mol. The van der Waals surface area contributed by atoms with E-state index in [1.807, 2.05) is 36.4 Å². The minimum absolute atomic E-state index is 0.00155. The van der Waals surface area contributed by atoms with E-state index in [1.54, 1.807) is 6.92 Å². The van der Waals surface area contributed by atoms with Gasteiger partial charge in [0, 0.05) is 18.4 Å². The van der Waals surface area contributed by atoms with Crippen LogP contribution in [-0.2, 0) is 9.53 Å². The van der Waals surface area contributed by atoms with E-state index >= 15 is 0 Å². The highest BCUT2D eigenvalue weighted by Crippen LogP contribution is 2.44. The number of carbonyl (C=O) groups is 3. The summed E-state index contributed by atoms with van der Waals surface area (Å²) >= 11 is 0. The van der Waals surface area contributed by atoms with Gasteiger partial charge in [0.15, 0.2) is 0 Å². The van der Waals surface area contributed by atoms with Crippen molar-refractivity contribution < 1.29 is 28.6 Å². The second-order valence-electron chi connectivity index (χ2n) is 8.46. The molecule has 1 unspecified atom stereocenters. The number of nitrogens with one attached hydrogen (secondary N) is 2. The third kappa shape index (κ3) is 5.48. The third-order valence-electron chi connectivity index (χ3n) is 6.00. The molecule has 0 heterocycles. The normalized spacial score (nSPS) is 12.9. The molecule has 2 amide bonds. The van der Waals surface area contributed by atoms with E-state index in [4.69, 9.17) is 9.84 Å². The van der Waals surface area contributed by atoms with Gasteiger partial charge in [-0.3, -0.25) is 4.79 Å². The number of carboxylic acid groups (broad SMARTS) is 1. The van der Waals surface area contributed by atoms with Crippen molar-refractivity contribution in [3.05, 3.63) is 89.2 Å². The predicted molar refractivity (Wildman–Crippen MR) is 129 cm³/mol. The van der Waals surface area contributed by atoms with Crippen LogP contribution in [0.15, 0.2) is 66.7 Å². The zero-order valence-corrected chi connectivity index (χ0v) is 19.1. The van der Waals surface area contributed by atoms with Crippen LogP contribution in [0.25, 0.3) is 11.1 Å². The van der Waals surface area contributed by atoms with Crippen molar-refractivity contribution in [2.45, 2.75) is 31.7 Å². The summed E-state index contributed by atoms with van der Waals surface area (Å²) in [6.45, 7) is 1.92. The van der Waals surface area contributed by atoms with Gasteiger partial charge in [-0.2, -0.15) is 0 Å². The lowest BCUT2D eigenvalue weighted by atomic mass is 9.98. The molecule has 0 aliphatic heterocycles. The highest BCUT2D eigenvalue weighted by Gasteiger charge is 2.29. The van der Waals surface area contributed by atoms with E-state index in [-0.39, 0.29) is 42.7 Å². The SMILES string of the molecule is CC(CCC(=O)Nc1cc(C(=O)O)ccc1F)NC(=O)OCC1c2ccccc2-c2ccccc21. The number of anilines is 1. The molecule has 0 radical (unpaired) electrons. The molecule has 0 saturated heterocycles. The summed E-state index contributed by atoms with van der Waals surface area (Å²) in [6, 6.07) is 18.9. The van der Waals surface area contributed by atoms with Gasteiger partial charge in [0.1, 0.15) is 12.4 Å². The Labute approximate surface area is 201 Å². The Morgan fingerprint density at radius 1 is 1.00 bits per heavy atom. The first-order valence-corrected chi connectivity index (χ1v) is 11.3. The molecule has 1 aliphatic rings. The van der Waals surface area contributed by atoms with E-state index in [0.29, 0.717) is 0 Å². The number of ether oxygens (including phenoxy) is 1. The van der Waals surface area contributed by atoms with Crippen LogP contribution >= 0.6 is 0 Å². The zero-order valence-electron chi connectivity index (χ0n) is 19.1. The molecular formula is C27H25FN2O5. The minimum atomic E-state index is -1.22. The quantitative estimate of drug-likeness (QED) is 0.416. The number of amides is 2. The Morgan fingerprint density at radius 3 is 2.26 bits per heavy atom. The fraction of sp³-hybridized carbons (Fsp3) is 0.222. The molecule has 3 aromatic rings. The molecule has 1 aliphatic carbocycles. The molecule has 7 nitrogen and oxygen atoms in total. The summed E-state index contributed by atoms with van der Waals surface area (Å²) in [5, 5.41) is 14.1. The largest absolute Gasteiger partial charge is 0.478 e. The van der Waals surface area contributed by atoms with E-state index in [2.05, 4.69) is 22.8 Å². The average Bonchev–Trinajstić information content (AvgIpc) is 3.16. The summed E-state index contributed by atoms with van der Waals surface area (Å²) in [5.41, 5.74) is 4.18. The minimum Gasteiger partial charge on any atom is -0.478 e. The van der Waals surface area contributed by atoms with Gasteiger partial charge in [0.05, 0.1) is 11.3 Å². The van der Waals surface area contributed by atoms with E-state index in [1.165, 1.54) is 0 Å². The maximum atomic E-state index is 13.9. The smallest absolute Gasteiger partial charge is 0.407 e. The monoisotopic (exact) mass is 476 g/mol. The van der Waals surface area contributed by atoms with Crippen LogP contribution in [0.4, 0.5) is 14.9 Å². The number of rotatable bonds is 8. The second-order valence-corrected chi connectivity index (χ2v) is 8.46. The molecule has 0 spiro atoms. The molecule has 3 N–H and O–H groups in total. The highest BCUT2D eigenvalue weighted by molar-refractivity contribution is 5.94. The van der Waals surface area contributed by atoms with Crippen molar-refractivity contribution in [1.82, 2.24) is 5.32 Å². The number of alkyl carbamates (subject to hydrolysis) is 1. The fourth-order valence-electron chi connectivity index (χ4n) is 4.23. The molecular weight excluding hydrogens is 451 g/mol. The highest BCUT2D eigenvalue weighted by atomic mass is 19.1. The first-order chi connectivity index (χ1) is 16.8. The summed E-state index contributed by atoms with van der Waals surface area (Å²) in [5.74, 6) is -2.49. The van der Waals surface area contributed by atoms with Crippen LogP contribution in [0.3, 0.4) is 0 Å². The second kappa shape index (κ2) is 10.4. The molecule has 180 valence electrons. The molecule has 4 rings (SSSR count). The first-order valence-electron chi connectivity index (χ1n) is 11.3. The van der Waals surface area contributed by atoms with Crippen LogP contribution in [0.1, 0.15) is 47.2 Å². The molecule has 0 bridgehead atoms. The maximum Gasteiger partial charge on any atom is 0.407 e. The molecule has 0 fully saturated rings. The van der Waals surface area contributed by atoms with Crippen LogP contribution in [-0.4, -0.2) is 35.7 Å². The van der Waals surface area contributed by atoms with Gasteiger partial charge >= 0.3 is 12.1 Å². The number of fused-ring (bicyclic) bond motifs is 3. The molecule has 0 aromatic heterocycles. The predicted octanol–water partition coefficient (Wildman–Crippen LogP) is 5.17. The van der Waals surface area contributed by atoms with Crippen molar-refractivity contribution in [2.24, 2.45) is 0 Å². The number of carbonyl (C=O) groups excluding carboxylic acids is 2. The van der Waals surface area contributed by atoms with E-state index in [9.17, 15) is 18.8 Å². The molecule has 35 heavy (non-hydrogen) atoms. The first kappa shape index (κ1) is 23.9. The Hall–Kier alpha value is -4.20. The Balaban J connectivity index is 1.26. The molecule has 8 heteroatoms. The maximum absolute atomic E-state index is 13.9. The van der Waals surface area contributed by atoms with Gasteiger partial charge in [-0.05, 0) is 53.8 Å². The van der Waals surface area contributed by atoms with Crippen LogP contribution in [0, 0.1) is 5.82 Å². The molecule has 3 aromatic carbocycles. The van der Waals surface area contributed by atoms with Crippen molar-refractivity contribution in [3.63, 3.8) is 0 Å². The van der Waals surface area contributed by atoms with Gasteiger partial charge in [-0.25, -0.2) is 14.0 Å². The van der Waals surface area contributed by atoms with Crippen LogP contribution in [0.5, 0.6) is 0 Å². The van der Waals surface area contributed by atoms with Crippen molar-refractivity contribution >= 4 is 23.7 Å². The number of hydrogen-bond acceptors (Lipinski definition) is 4. The lowest BCUT2D eigenvalue weighted by molar-refractivity contribution is -0.116. The lowest BCUT2D eigenvalue weighted by Gasteiger charge is -2.17. The Morgan fingerprint density at radius 2 is 1.63 bits per heavy atom. The summed E-state index contributed by atoms with van der Waals surface area (Å²) in [6.07, 6.45) is -0.294. The Kier molecular flexibility index (Phi) is 7.10. The van der Waals surface area contributed by atoms with E-state index in [0.717, 1.165) is 40.5 Å². The van der Waals surface area contributed by atoms with Crippen molar-refractivity contribution in [3.8, 4) is 11.1 Å². The van der Waals surface area contributed by atoms with Crippen molar-refractivity contribution in [2.75, 3.05) is 11.9 Å². The summed E-state index contributed by atoms with van der Waals surface area (Å²) in [4.78, 5) is 35.6. The lowest BCUT2D eigenvalue weighted by Crippen LogP contribution is -2.34. The number of carboxylic acids is 1. The number of halogens is 1. The van der Waals surface area contributed by atoms with E-state index < -0.39 is 23.8 Å². The van der Waals surface area contributed by atoms with Crippen LogP contribution < -0.4 is 10.6 Å². The fourth-order valence-corrected chi connectivity index (χ4v) is 4.23. The van der Waals surface area contributed by atoms with Gasteiger partial charge in [-0.1, -0.05) is 48.5 Å². The number of benzene rings is 3. The molecule has 1 atom stereocenters.